The summed E-state index contributed by atoms with van der Waals surface area (Å²) in [6.07, 6.45) is 3.74. The summed E-state index contributed by atoms with van der Waals surface area (Å²) in [7, 11) is 0. The molecule has 0 aromatic heterocycles. The third kappa shape index (κ3) is 7.45. The van der Waals surface area contributed by atoms with E-state index < -0.39 is 0 Å². The van der Waals surface area contributed by atoms with Crippen LogP contribution in [0.1, 0.15) is 32.6 Å². The molecule has 0 aliphatic heterocycles. The molecule has 0 fully saturated rings. The number of unbranched alkanes of at least 4 members (excludes halogenated alkanes) is 2. The minimum absolute atomic E-state index is 0.662. The van der Waals surface area contributed by atoms with Gasteiger partial charge in [-0.3, -0.25) is 0 Å². The van der Waals surface area contributed by atoms with Crippen molar-refractivity contribution in [3.05, 3.63) is 0 Å². The number of nitrogens with zero attached hydrogens (tertiary/aromatic N) is 1. The second-order valence-electron chi connectivity index (χ2n) is 2.23. The lowest BCUT2D eigenvalue weighted by atomic mass is 10.3. The van der Waals surface area contributed by atoms with Crippen molar-refractivity contribution in [3.63, 3.8) is 0 Å². The summed E-state index contributed by atoms with van der Waals surface area (Å²) in [6.45, 7) is 3.76. The zero-order valence-electron chi connectivity index (χ0n) is 6.60. The summed E-state index contributed by atoms with van der Waals surface area (Å²) < 4.78 is 5.22. The van der Waals surface area contributed by atoms with Crippen molar-refractivity contribution in [1.29, 1.82) is 5.26 Å². The lowest BCUT2D eigenvalue weighted by molar-refractivity contribution is 0.131. The van der Waals surface area contributed by atoms with E-state index in [1.807, 2.05) is 0 Å². The van der Waals surface area contributed by atoms with Gasteiger partial charge in [0.1, 0.15) is 0 Å². The Labute approximate surface area is 62.8 Å². The Bertz CT molecular complexity index is 95.9. The molecule has 0 bridgehead atoms. The fraction of sp³-hybridized carbons (Fsp3) is 0.875. The Morgan fingerprint density at radius 3 is 2.70 bits per heavy atom. The van der Waals surface area contributed by atoms with Gasteiger partial charge in [0.2, 0.25) is 0 Å². The molecule has 0 unspecified atom stereocenters. The largest absolute Gasteiger partial charge is 0.381 e. The van der Waals surface area contributed by atoms with Gasteiger partial charge in [0, 0.05) is 19.6 Å². The SMILES string of the molecule is CCCOCCCCC#N. The van der Waals surface area contributed by atoms with Crippen molar-refractivity contribution in [3.8, 4) is 6.07 Å². The van der Waals surface area contributed by atoms with E-state index in [-0.39, 0.29) is 0 Å². The highest BCUT2D eigenvalue weighted by Crippen LogP contribution is 1.94. The highest BCUT2D eigenvalue weighted by molar-refractivity contribution is 4.67. The second kappa shape index (κ2) is 8.45. The summed E-state index contributed by atoms with van der Waals surface area (Å²) >= 11 is 0. The molecule has 0 N–H and O–H groups in total. The average molecular weight is 141 g/mol. The normalized spacial score (nSPS) is 9.20. The molecule has 0 atom stereocenters. The van der Waals surface area contributed by atoms with Crippen LogP contribution in [0.3, 0.4) is 0 Å². The van der Waals surface area contributed by atoms with Gasteiger partial charge in [-0.25, -0.2) is 0 Å². The Hall–Kier alpha value is -0.550. The van der Waals surface area contributed by atoms with Crippen LogP contribution in [0.15, 0.2) is 0 Å². The van der Waals surface area contributed by atoms with E-state index in [1.54, 1.807) is 0 Å². The average Bonchev–Trinajstić information content (AvgIpc) is 1.97. The first kappa shape index (κ1) is 9.45. The third-order valence-electron chi connectivity index (χ3n) is 1.18. The lowest BCUT2D eigenvalue weighted by Gasteiger charge is -1.98. The second-order valence-corrected chi connectivity index (χ2v) is 2.23. The Morgan fingerprint density at radius 1 is 1.30 bits per heavy atom. The fourth-order valence-corrected chi connectivity index (χ4v) is 0.655. The Morgan fingerprint density at radius 2 is 2.10 bits per heavy atom. The van der Waals surface area contributed by atoms with Crippen molar-refractivity contribution >= 4 is 0 Å². The molecule has 58 valence electrons. The maximum absolute atomic E-state index is 8.18. The predicted octanol–water partition coefficient (Wildman–Crippen LogP) is 2.11. The topological polar surface area (TPSA) is 33.0 Å². The first-order valence-electron chi connectivity index (χ1n) is 3.86. The van der Waals surface area contributed by atoms with Gasteiger partial charge in [-0.2, -0.15) is 5.26 Å². The molecule has 0 rings (SSSR count). The third-order valence-corrected chi connectivity index (χ3v) is 1.18. The minimum Gasteiger partial charge on any atom is -0.381 e. The maximum atomic E-state index is 8.18. The van der Waals surface area contributed by atoms with Crippen LogP contribution in [-0.4, -0.2) is 13.2 Å². The van der Waals surface area contributed by atoms with Crippen LogP contribution < -0.4 is 0 Å². The van der Waals surface area contributed by atoms with Crippen LogP contribution >= 0.6 is 0 Å². The van der Waals surface area contributed by atoms with Gasteiger partial charge in [0.15, 0.2) is 0 Å². The van der Waals surface area contributed by atoms with Crippen LogP contribution in [0.5, 0.6) is 0 Å². The molecule has 10 heavy (non-hydrogen) atoms. The van der Waals surface area contributed by atoms with Crippen LogP contribution in [0.25, 0.3) is 0 Å². The fourth-order valence-electron chi connectivity index (χ4n) is 0.655. The van der Waals surface area contributed by atoms with Crippen molar-refractivity contribution in [2.75, 3.05) is 13.2 Å². The van der Waals surface area contributed by atoms with Crippen molar-refractivity contribution < 1.29 is 4.74 Å². The maximum Gasteiger partial charge on any atom is 0.0621 e. The van der Waals surface area contributed by atoms with E-state index in [1.165, 1.54) is 0 Å². The standard InChI is InChI=1S/C8H15NO/c1-2-7-10-8-5-3-4-6-9/h2-5,7-8H2,1H3. The van der Waals surface area contributed by atoms with E-state index in [9.17, 15) is 0 Å². The summed E-state index contributed by atoms with van der Waals surface area (Å²) in [6, 6.07) is 2.10. The van der Waals surface area contributed by atoms with Crippen LogP contribution in [0.4, 0.5) is 0 Å². The van der Waals surface area contributed by atoms with Gasteiger partial charge in [0.05, 0.1) is 6.07 Å². The summed E-state index contributed by atoms with van der Waals surface area (Å²) in [5, 5.41) is 8.18. The molecule has 2 heteroatoms. The van der Waals surface area contributed by atoms with Crippen molar-refractivity contribution in [2.45, 2.75) is 32.6 Å². The number of rotatable bonds is 6. The highest BCUT2D eigenvalue weighted by atomic mass is 16.5. The van der Waals surface area contributed by atoms with E-state index in [0.717, 1.165) is 32.5 Å². The number of nitriles is 1. The van der Waals surface area contributed by atoms with Crippen LogP contribution in [0.2, 0.25) is 0 Å². The van der Waals surface area contributed by atoms with Crippen LogP contribution in [0, 0.1) is 11.3 Å². The minimum atomic E-state index is 0.662. The van der Waals surface area contributed by atoms with Gasteiger partial charge in [-0.15, -0.1) is 0 Å². The summed E-state index contributed by atoms with van der Waals surface area (Å²) in [5.74, 6) is 0. The predicted molar refractivity (Wildman–Crippen MR) is 40.6 cm³/mol. The first-order chi connectivity index (χ1) is 4.91. The van der Waals surface area contributed by atoms with Crippen LogP contribution in [-0.2, 0) is 4.74 Å². The van der Waals surface area contributed by atoms with Crippen molar-refractivity contribution in [1.82, 2.24) is 0 Å². The van der Waals surface area contributed by atoms with Gasteiger partial charge in [-0.1, -0.05) is 6.92 Å². The molecule has 0 radical (unpaired) electrons. The van der Waals surface area contributed by atoms with Gasteiger partial charge < -0.3 is 4.74 Å². The van der Waals surface area contributed by atoms with E-state index >= 15 is 0 Å². The quantitative estimate of drug-likeness (QED) is 0.531. The monoisotopic (exact) mass is 141 g/mol. The van der Waals surface area contributed by atoms with E-state index in [0.29, 0.717) is 6.42 Å². The Kier molecular flexibility index (Phi) is 7.99. The summed E-state index contributed by atoms with van der Waals surface area (Å²) in [4.78, 5) is 0. The number of ether oxygens (including phenoxy) is 1. The molecule has 0 aliphatic carbocycles. The van der Waals surface area contributed by atoms with Crippen molar-refractivity contribution in [2.24, 2.45) is 0 Å². The van der Waals surface area contributed by atoms with Gasteiger partial charge in [-0.05, 0) is 19.3 Å². The molecule has 0 spiro atoms. The molecule has 0 saturated carbocycles. The first-order valence-corrected chi connectivity index (χ1v) is 3.86. The van der Waals surface area contributed by atoms with Gasteiger partial charge in [0.25, 0.3) is 0 Å². The van der Waals surface area contributed by atoms with E-state index in [4.69, 9.17) is 10.00 Å². The zero-order valence-corrected chi connectivity index (χ0v) is 6.60. The molecule has 0 amide bonds. The molecular weight excluding hydrogens is 126 g/mol. The zero-order chi connectivity index (χ0) is 7.66. The number of hydrogen-bond acceptors (Lipinski definition) is 2. The Balaban J connectivity index is 2.72. The molecular formula is C8H15NO. The molecule has 2 nitrogen and oxygen atoms in total. The molecule has 0 aromatic carbocycles. The lowest BCUT2D eigenvalue weighted by Crippen LogP contribution is -1.94. The molecule has 0 saturated heterocycles. The van der Waals surface area contributed by atoms with E-state index in [2.05, 4.69) is 13.0 Å². The highest BCUT2D eigenvalue weighted by Gasteiger charge is 1.86. The molecule has 0 aromatic rings. The molecule has 0 aliphatic rings. The molecule has 0 heterocycles. The van der Waals surface area contributed by atoms with Gasteiger partial charge >= 0.3 is 0 Å². The smallest absolute Gasteiger partial charge is 0.0621 e. The summed E-state index contributed by atoms with van der Waals surface area (Å²) in [5.41, 5.74) is 0. The number of hydrogen-bond donors (Lipinski definition) is 0.